The molecule has 8 heteroatoms. The highest BCUT2D eigenvalue weighted by Crippen LogP contribution is 2.12. The van der Waals surface area contributed by atoms with Crippen LogP contribution < -0.4 is 16.0 Å². The number of hydrogen-bond acceptors (Lipinski definition) is 8. The van der Waals surface area contributed by atoms with Gasteiger partial charge in [-0.2, -0.15) is 15.0 Å². The second-order valence-electron chi connectivity index (χ2n) is 10.1. The van der Waals surface area contributed by atoms with Crippen molar-refractivity contribution in [3.05, 3.63) is 0 Å². The highest BCUT2D eigenvalue weighted by atomic mass is 15.3. The molecule has 2 rings (SSSR count). The fraction of sp³-hybridized carbons (Fsp3) is 0.889. The SMILES string of the molecule is CCCCCCCCCCCNc1nc(NCCCCCC)nc(NCCN2CCN(C)CC2)n1. The number of likely N-dealkylation sites (N-methyl/N-ethyl adjacent to an activating group) is 1. The molecule has 8 nitrogen and oxygen atoms in total. The summed E-state index contributed by atoms with van der Waals surface area (Å²) in [5.74, 6) is 2.02. The van der Waals surface area contributed by atoms with E-state index in [1.165, 1.54) is 70.6 Å². The molecular weight excluding hydrogens is 436 g/mol. The topological polar surface area (TPSA) is 81.2 Å². The van der Waals surface area contributed by atoms with Crippen LogP contribution in [0.1, 0.15) is 97.3 Å². The van der Waals surface area contributed by atoms with Crippen molar-refractivity contribution in [2.24, 2.45) is 0 Å². The van der Waals surface area contributed by atoms with Gasteiger partial charge >= 0.3 is 0 Å². The molecule has 202 valence electrons. The average molecular weight is 491 g/mol. The molecular formula is C27H54N8. The van der Waals surface area contributed by atoms with Gasteiger partial charge in [-0.15, -0.1) is 0 Å². The summed E-state index contributed by atoms with van der Waals surface area (Å²) in [7, 11) is 2.19. The fourth-order valence-electron chi connectivity index (χ4n) is 4.40. The first kappa shape index (κ1) is 29.6. The Kier molecular flexibility index (Phi) is 16.5. The van der Waals surface area contributed by atoms with E-state index >= 15 is 0 Å². The molecule has 1 fully saturated rings. The lowest BCUT2D eigenvalue weighted by Crippen LogP contribution is -2.45. The molecule has 0 radical (unpaired) electrons. The molecule has 0 saturated carbocycles. The van der Waals surface area contributed by atoms with Crippen molar-refractivity contribution < 1.29 is 0 Å². The Balaban J connectivity index is 1.73. The Morgan fingerprint density at radius 2 is 0.943 bits per heavy atom. The molecule has 0 spiro atoms. The van der Waals surface area contributed by atoms with Crippen molar-refractivity contribution in [2.75, 3.05) is 75.4 Å². The molecule has 2 heterocycles. The Morgan fingerprint density at radius 3 is 1.43 bits per heavy atom. The van der Waals surface area contributed by atoms with Gasteiger partial charge in [0.2, 0.25) is 17.8 Å². The van der Waals surface area contributed by atoms with Crippen LogP contribution in [0.2, 0.25) is 0 Å². The van der Waals surface area contributed by atoms with Gasteiger partial charge in [0.15, 0.2) is 0 Å². The Hall–Kier alpha value is -1.67. The van der Waals surface area contributed by atoms with Crippen LogP contribution in [-0.2, 0) is 0 Å². The normalized spacial score (nSPS) is 14.8. The largest absolute Gasteiger partial charge is 0.354 e. The summed E-state index contributed by atoms with van der Waals surface area (Å²) in [4.78, 5) is 18.8. The van der Waals surface area contributed by atoms with Gasteiger partial charge in [0.05, 0.1) is 0 Å². The Labute approximate surface area is 215 Å². The van der Waals surface area contributed by atoms with E-state index in [1.54, 1.807) is 0 Å². The zero-order valence-corrected chi connectivity index (χ0v) is 23.1. The molecule has 1 aromatic rings. The van der Waals surface area contributed by atoms with Gasteiger partial charge in [-0.1, -0.05) is 84.5 Å². The predicted molar refractivity (Wildman–Crippen MR) is 151 cm³/mol. The molecule has 1 aliphatic rings. The van der Waals surface area contributed by atoms with E-state index in [2.05, 4.69) is 61.6 Å². The first-order valence-corrected chi connectivity index (χ1v) is 14.6. The van der Waals surface area contributed by atoms with E-state index in [0.717, 1.165) is 65.2 Å². The monoisotopic (exact) mass is 490 g/mol. The fourth-order valence-corrected chi connectivity index (χ4v) is 4.40. The van der Waals surface area contributed by atoms with Crippen LogP contribution >= 0.6 is 0 Å². The number of anilines is 3. The Morgan fingerprint density at radius 1 is 0.543 bits per heavy atom. The standard InChI is InChI=1S/C27H54N8/c1-4-6-8-10-11-12-13-14-16-18-29-26-31-25(28-17-15-9-7-5-2)32-27(33-26)30-19-20-35-23-21-34(3)22-24-35/h4-24H2,1-3H3,(H3,28,29,30,31,32,33). The number of unbranched alkanes of at least 4 members (excludes halogenated alkanes) is 11. The summed E-state index contributed by atoms with van der Waals surface area (Å²) in [6.07, 6.45) is 16.9. The molecule has 0 aliphatic carbocycles. The lowest BCUT2D eigenvalue weighted by Gasteiger charge is -2.32. The van der Waals surface area contributed by atoms with Gasteiger partial charge in [0.25, 0.3) is 0 Å². The van der Waals surface area contributed by atoms with Crippen molar-refractivity contribution in [1.82, 2.24) is 24.8 Å². The highest BCUT2D eigenvalue weighted by Gasteiger charge is 2.13. The molecule has 0 bridgehead atoms. The molecule has 0 atom stereocenters. The van der Waals surface area contributed by atoms with Crippen LogP contribution in [0.25, 0.3) is 0 Å². The van der Waals surface area contributed by atoms with Gasteiger partial charge in [0.1, 0.15) is 0 Å². The summed E-state index contributed by atoms with van der Waals surface area (Å²) < 4.78 is 0. The molecule has 35 heavy (non-hydrogen) atoms. The van der Waals surface area contributed by atoms with Gasteiger partial charge in [-0.05, 0) is 19.9 Å². The quantitative estimate of drug-likeness (QED) is 0.196. The average Bonchev–Trinajstić information content (AvgIpc) is 2.86. The zero-order chi connectivity index (χ0) is 25.0. The summed E-state index contributed by atoms with van der Waals surface area (Å²) >= 11 is 0. The minimum atomic E-state index is 0.666. The predicted octanol–water partition coefficient (Wildman–Crippen LogP) is 5.47. The van der Waals surface area contributed by atoms with Crippen molar-refractivity contribution in [3.63, 3.8) is 0 Å². The summed E-state index contributed by atoms with van der Waals surface area (Å²) in [5.41, 5.74) is 0. The second kappa shape index (κ2) is 19.5. The van der Waals surface area contributed by atoms with Crippen LogP contribution in [0.3, 0.4) is 0 Å². The Bertz CT molecular complexity index is 634. The number of piperazine rings is 1. The van der Waals surface area contributed by atoms with Gasteiger partial charge in [0, 0.05) is 52.4 Å². The van der Waals surface area contributed by atoms with Gasteiger partial charge < -0.3 is 20.9 Å². The molecule has 1 saturated heterocycles. The lowest BCUT2D eigenvalue weighted by molar-refractivity contribution is 0.158. The summed E-state index contributed by atoms with van der Waals surface area (Å²) in [6, 6.07) is 0. The van der Waals surface area contributed by atoms with E-state index in [9.17, 15) is 0 Å². The van der Waals surface area contributed by atoms with Crippen molar-refractivity contribution in [2.45, 2.75) is 97.3 Å². The van der Waals surface area contributed by atoms with Gasteiger partial charge in [-0.3, -0.25) is 4.90 Å². The molecule has 0 unspecified atom stereocenters. The minimum Gasteiger partial charge on any atom is -0.354 e. The first-order chi connectivity index (χ1) is 17.2. The number of nitrogens with one attached hydrogen (secondary N) is 3. The van der Waals surface area contributed by atoms with Crippen LogP contribution in [0.5, 0.6) is 0 Å². The van der Waals surface area contributed by atoms with Crippen molar-refractivity contribution in [3.8, 4) is 0 Å². The summed E-state index contributed by atoms with van der Waals surface area (Å²) in [6.45, 7) is 12.7. The minimum absolute atomic E-state index is 0.666. The third-order valence-electron chi connectivity index (χ3n) is 6.82. The maximum Gasteiger partial charge on any atom is 0.229 e. The number of aromatic nitrogens is 3. The molecule has 0 aromatic carbocycles. The smallest absolute Gasteiger partial charge is 0.229 e. The third-order valence-corrected chi connectivity index (χ3v) is 6.82. The van der Waals surface area contributed by atoms with Crippen LogP contribution in [0, 0.1) is 0 Å². The van der Waals surface area contributed by atoms with E-state index in [0.29, 0.717) is 17.8 Å². The van der Waals surface area contributed by atoms with Crippen molar-refractivity contribution in [1.29, 1.82) is 0 Å². The first-order valence-electron chi connectivity index (χ1n) is 14.6. The zero-order valence-electron chi connectivity index (χ0n) is 23.1. The van der Waals surface area contributed by atoms with Crippen LogP contribution in [0.4, 0.5) is 17.8 Å². The second-order valence-corrected chi connectivity index (χ2v) is 10.1. The molecule has 1 aliphatic heterocycles. The van der Waals surface area contributed by atoms with E-state index in [-0.39, 0.29) is 0 Å². The summed E-state index contributed by atoms with van der Waals surface area (Å²) in [5, 5.41) is 10.3. The van der Waals surface area contributed by atoms with Crippen LogP contribution in [-0.4, -0.2) is 84.2 Å². The maximum absolute atomic E-state index is 4.65. The van der Waals surface area contributed by atoms with E-state index in [1.807, 2.05) is 0 Å². The lowest BCUT2D eigenvalue weighted by atomic mass is 10.1. The highest BCUT2D eigenvalue weighted by molar-refractivity contribution is 5.42. The van der Waals surface area contributed by atoms with E-state index < -0.39 is 0 Å². The van der Waals surface area contributed by atoms with Crippen molar-refractivity contribution >= 4 is 17.8 Å². The number of nitrogens with zero attached hydrogens (tertiary/aromatic N) is 5. The third kappa shape index (κ3) is 14.5. The van der Waals surface area contributed by atoms with E-state index in [4.69, 9.17) is 0 Å². The number of rotatable bonds is 21. The van der Waals surface area contributed by atoms with Gasteiger partial charge in [-0.25, -0.2) is 0 Å². The molecule has 1 aromatic heterocycles. The molecule has 3 N–H and O–H groups in total. The number of hydrogen-bond donors (Lipinski definition) is 3. The maximum atomic E-state index is 4.65. The molecule has 0 amide bonds. The van der Waals surface area contributed by atoms with Crippen LogP contribution in [0.15, 0.2) is 0 Å².